The summed E-state index contributed by atoms with van der Waals surface area (Å²) in [6, 6.07) is 3.35. The molecule has 0 aliphatic carbocycles. The van der Waals surface area contributed by atoms with Crippen LogP contribution >= 0.6 is 12.6 Å². The summed E-state index contributed by atoms with van der Waals surface area (Å²) in [5, 5.41) is 19.3. The van der Waals surface area contributed by atoms with Gasteiger partial charge in [-0.3, -0.25) is 0 Å². The summed E-state index contributed by atoms with van der Waals surface area (Å²) in [6.07, 6.45) is -6.36. The molecule has 0 spiro atoms. The molecule has 1 rings (SSSR count). The number of aliphatic hydroxyl groups excluding tert-OH is 2. The van der Waals surface area contributed by atoms with Crippen molar-refractivity contribution in [2.24, 2.45) is 0 Å². The van der Waals surface area contributed by atoms with Crippen LogP contribution < -0.4 is 0 Å². The first-order valence-electron chi connectivity index (χ1n) is 5.42. The van der Waals surface area contributed by atoms with Crippen molar-refractivity contribution >= 4 is 12.6 Å². The molecule has 0 radical (unpaired) electrons. The van der Waals surface area contributed by atoms with Gasteiger partial charge in [0.2, 0.25) is 0 Å². The summed E-state index contributed by atoms with van der Waals surface area (Å²) in [4.78, 5) is 0. The third-order valence-electron chi connectivity index (χ3n) is 2.69. The van der Waals surface area contributed by atoms with Crippen molar-refractivity contribution in [1.82, 2.24) is 0 Å². The Morgan fingerprint density at radius 2 is 1.89 bits per heavy atom. The summed E-state index contributed by atoms with van der Waals surface area (Å²) >= 11 is 3.92. The van der Waals surface area contributed by atoms with Crippen LogP contribution in [-0.4, -0.2) is 22.1 Å². The number of hydrogen-bond acceptors (Lipinski definition) is 3. The fourth-order valence-corrected chi connectivity index (χ4v) is 1.97. The first-order chi connectivity index (χ1) is 8.27. The molecule has 0 aliphatic heterocycles. The molecule has 1 aromatic carbocycles. The van der Waals surface area contributed by atoms with Crippen LogP contribution in [0.5, 0.6) is 0 Å². The van der Waals surface area contributed by atoms with Crippen molar-refractivity contribution in [3.8, 4) is 0 Å². The molecule has 0 saturated carbocycles. The van der Waals surface area contributed by atoms with E-state index >= 15 is 0 Å². The maximum Gasteiger partial charge on any atom is 0.416 e. The molecule has 2 atom stereocenters. The predicted octanol–water partition coefficient (Wildman–Crippen LogP) is 2.73. The molecule has 0 heterocycles. The number of hydrogen-bond donors (Lipinski definition) is 3. The lowest BCUT2D eigenvalue weighted by Gasteiger charge is -2.19. The second-order valence-electron chi connectivity index (χ2n) is 4.10. The molecule has 102 valence electrons. The number of benzene rings is 1. The molecule has 0 amide bonds. The van der Waals surface area contributed by atoms with E-state index in [1.54, 1.807) is 0 Å². The standard InChI is InChI=1S/C12H15F3O2S/c1-7-6-8(11(17)10(16)4-5-18)2-3-9(7)12(13,14)15/h2-3,6,10-11,16-18H,4-5H2,1H3. The molecule has 0 aromatic heterocycles. The Hall–Kier alpha value is -0.720. The van der Waals surface area contributed by atoms with Crippen LogP contribution in [0.2, 0.25) is 0 Å². The number of alkyl halides is 3. The number of aryl methyl sites for hydroxylation is 1. The minimum absolute atomic E-state index is 0.0251. The van der Waals surface area contributed by atoms with E-state index in [4.69, 9.17) is 0 Å². The first kappa shape index (κ1) is 15.3. The van der Waals surface area contributed by atoms with Crippen molar-refractivity contribution in [3.63, 3.8) is 0 Å². The van der Waals surface area contributed by atoms with E-state index in [0.717, 1.165) is 6.07 Å². The van der Waals surface area contributed by atoms with Crippen LogP contribution in [0.1, 0.15) is 29.2 Å². The third kappa shape index (κ3) is 3.63. The van der Waals surface area contributed by atoms with Gasteiger partial charge in [-0.15, -0.1) is 0 Å². The fourth-order valence-electron chi connectivity index (χ4n) is 1.70. The number of aliphatic hydroxyl groups is 2. The van der Waals surface area contributed by atoms with Gasteiger partial charge in [0.1, 0.15) is 6.10 Å². The van der Waals surface area contributed by atoms with Gasteiger partial charge in [-0.2, -0.15) is 25.8 Å². The summed E-state index contributed by atoms with van der Waals surface area (Å²) in [5.74, 6) is 0.387. The average Bonchev–Trinajstić information content (AvgIpc) is 2.26. The summed E-state index contributed by atoms with van der Waals surface area (Å²) < 4.78 is 37.6. The molecular weight excluding hydrogens is 265 g/mol. The van der Waals surface area contributed by atoms with Crippen LogP contribution in [0.3, 0.4) is 0 Å². The largest absolute Gasteiger partial charge is 0.416 e. The highest BCUT2D eigenvalue weighted by atomic mass is 32.1. The van der Waals surface area contributed by atoms with Gasteiger partial charge >= 0.3 is 6.18 Å². The number of halogens is 3. The lowest BCUT2D eigenvalue weighted by Crippen LogP contribution is -2.19. The average molecular weight is 280 g/mol. The topological polar surface area (TPSA) is 40.5 Å². The van der Waals surface area contributed by atoms with Gasteiger partial charge < -0.3 is 10.2 Å². The highest BCUT2D eigenvalue weighted by Gasteiger charge is 2.32. The lowest BCUT2D eigenvalue weighted by molar-refractivity contribution is -0.138. The Bertz CT molecular complexity index is 407. The lowest BCUT2D eigenvalue weighted by atomic mass is 9.98. The maximum absolute atomic E-state index is 12.5. The fraction of sp³-hybridized carbons (Fsp3) is 0.500. The minimum atomic E-state index is -4.41. The normalized spacial score (nSPS) is 15.5. The molecule has 0 bridgehead atoms. The quantitative estimate of drug-likeness (QED) is 0.742. The van der Waals surface area contributed by atoms with Gasteiger partial charge in [0.05, 0.1) is 11.7 Å². The Balaban J connectivity index is 2.97. The van der Waals surface area contributed by atoms with Crippen molar-refractivity contribution < 1.29 is 23.4 Å². The highest BCUT2D eigenvalue weighted by Crippen LogP contribution is 2.33. The van der Waals surface area contributed by atoms with E-state index in [1.165, 1.54) is 19.1 Å². The second-order valence-corrected chi connectivity index (χ2v) is 4.54. The van der Waals surface area contributed by atoms with Gasteiger partial charge in [0, 0.05) is 0 Å². The van der Waals surface area contributed by atoms with Crippen LogP contribution in [-0.2, 0) is 6.18 Å². The zero-order valence-electron chi connectivity index (χ0n) is 9.78. The Morgan fingerprint density at radius 3 is 2.33 bits per heavy atom. The zero-order chi connectivity index (χ0) is 13.9. The van der Waals surface area contributed by atoms with Crippen molar-refractivity contribution in [3.05, 3.63) is 34.9 Å². The monoisotopic (exact) mass is 280 g/mol. The van der Waals surface area contributed by atoms with Crippen molar-refractivity contribution in [2.75, 3.05) is 5.75 Å². The SMILES string of the molecule is Cc1cc(C(O)C(O)CCS)ccc1C(F)(F)F. The molecule has 0 aliphatic rings. The molecule has 18 heavy (non-hydrogen) atoms. The van der Waals surface area contributed by atoms with E-state index in [9.17, 15) is 23.4 Å². The molecule has 0 fully saturated rings. The molecule has 2 N–H and O–H groups in total. The molecule has 6 heteroatoms. The Morgan fingerprint density at radius 1 is 1.28 bits per heavy atom. The minimum Gasteiger partial charge on any atom is -0.390 e. The summed E-state index contributed by atoms with van der Waals surface area (Å²) in [6.45, 7) is 1.32. The number of rotatable bonds is 4. The highest BCUT2D eigenvalue weighted by molar-refractivity contribution is 7.80. The van der Waals surface area contributed by atoms with Gasteiger partial charge in [-0.1, -0.05) is 12.1 Å². The summed E-state index contributed by atoms with van der Waals surface area (Å²) in [5.41, 5.74) is -0.436. The Labute approximate surface area is 109 Å². The van der Waals surface area contributed by atoms with Crippen LogP contribution in [0, 0.1) is 6.92 Å². The van der Waals surface area contributed by atoms with E-state index < -0.39 is 23.9 Å². The zero-order valence-corrected chi connectivity index (χ0v) is 10.7. The van der Waals surface area contributed by atoms with Gasteiger partial charge in [0.15, 0.2) is 0 Å². The molecule has 2 unspecified atom stereocenters. The smallest absolute Gasteiger partial charge is 0.390 e. The maximum atomic E-state index is 12.5. The van der Waals surface area contributed by atoms with E-state index in [1.807, 2.05) is 0 Å². The van der Waals surface area contributed by atoms with Gasteiger partial charge in [-0.05, 0) is 36.3 Å². The molecule has 1 aromatic rings. The van der Waals surface area contributed by atoms with E-state index in [0.29, 0.717) is 5.75 Å². The van der Waals surface area contributed by atoms with Gasteiger partial charge in [0.25, 0.3) is 0 Å². The second kappa shape index (κ2) is 5.95. The van der Waals surface area contributed by atoms with Crippen LogP contribution in [0.15, 0.2) is 18.2 Å². The predicted molar refractivity (Wildman–Crippen MR) is 65.6 cm³/mol. The summed E-state index contributed by atoms with van der Waals surface area (Å²) in [7, 11) is 0. The van der Waals surface area contributed by atoms with Crippen molar-refractivity contribution in [1.29, 1.82) is 0 Å². The van der Waals surface area contributed by atoms with E-state index in [2.05, 4.69) is 12.6 Å². The molecule has 2 nitrogen and oxygen atoms in total. The van der Waals surface area contributed by atoms with Crippen molar-refractivity contribution in [2.45, 2.75) is 31.7 Å². The molecule has 0 saturated heterocycles. The Kier molecular flexibility index (Phi) is 5.07. The van der Waals surface area contributed by atoms with Gasteiger partial charge in [-0.25, -0.2) is 0 Å². The third-order valence-corrected chi connectivity index (χ3v) is 2.94. The number of thiol groups is 1. The van der Waals surface area contributed by atoms with E-state index in [-0.39, 0.29) is 17.5 Å². The van der Waals surface area contributed by atoms with Crippen LogP contribution in [0.4, 0.5) is 13.2 Å². The molecular formula is C12H15F3O2S. The van der Waals surface area contributed by atoms with Crippen LogP contribution in [0.25, 0.3) is 0 Å². The first-order valence-corrected chi connectivity index (χ1v) is 6.05.